The third kappa shape index (κ3) is 4.15. The normalized spacial score (nSPS) is 14.7. The predicted octanol–water partition coefficient (Wildman–Crippen LogP) is 6.37. The van der Waals surface area contributed by atoms with Crippen molar-refractivity contribution in [3.8, 4) is 28.1 Å². The van der Waals surface area contributed by atoms with Gasteiger partial charge in [-0.05, 0) is 74.3 Å². The smallest absolute Gasteiger partial charge is 0.138 e. The fourth-order valence-electron chi connectivity index (χ4n) is 5.43. The lowest BCUT2D eigenvalue weighted by atomic mass is 9.99. The van der Waals surface area contributed by atoms with Crippen molar-refractivity contribution in [3.05, 3.63) is 90.8 Å². The molecule has 1 aliphatic rings. The van der Waals surface area contributed by atoms with E-state index in [-0.39, 0.29) is 0 Å². The predicted molar refractivity (Wildman–Crippen MR) is 149 cm³/mol. The largest absolute Gasteiger partial charge is 0.490 e. The van der Waals surface area contributed by atoms with E-state index in [0.29, 0.717) is 12.6 Å². The molecule has 190 valence electrons. The number of hydrogen-bond donors (Lipinski definition) is 2. The number of para-hydroxylation sites is 1. The van der Waals surface area contributed by atoms with Gasteiger partial charge in [-0.3, -0.25) is 15.0 Å². The second-order valence-electron chi connectivity index (χ2n) is 10.1. The summed E-state index contributed by atoms with van der Waals surface area (Å²) in [7, 11) is 0. The third-order valence-electron chi connectivity index (χ3n) is 7.70. The second-order valence-corrected chi connectivity index (χ2v) is 10.1. The van der Waals surface area contributed by atoms with Crippen molar-refractivity contribution in [1.82, 2.24) is 25.1 Å². The summed E-state index contributed by atoms with van der Waals surface area (Å²) < 4.78 is 11.8. The minimum Gasteiger partial charge on any atom is -0.490 e. The summed E-state index contributed by atoms with van der Waals surface area (Å²) in [5.74, 6) is 0.765. The molecule has 1 atom stereocenters. The van der Waals surface area contributed by atoms with Crippen molar-refractivity contribution in [2.45, 2.75) is 25.8 Å². The molecular formula is C31H29N5O2. The summed E-state index contributed by atoms with van der Waals surface area (Å²) in [6.45, 7) is 4.85. The molecular weight excluding hydrogens is 474 g/mol. The zero-order valence-electron chi connectivity index (χ0n) is 21.3. The van der Waals surface area contributed by atoms with Gasteiger partial charge in [-0.2, -0.15) is 5.10 Å². The van der Waals surface area contributed by atoms with Gasteiger partial charge in [0.05, 0.1) is 35.6 Å². The Kier molecular flexibility index (Phi) is 5.70. The molecule has 7 rings (SSSR count). The topological polar surface area (TPSA) is 83.0 Å². The van der Waals surface area contributed by atoms with Crippen molar-refractivity contribution < 1.29 is 9.15 Å². The highest BCUT2D eigenvalue weighted by molar-refractivity contribution is 5.90. The van der Waals surface area contributed by atoms with Crippen LogP contribution in [0.1, 0.15) is 17.7 Å². The number of aryl methyl sites for hydroxylation is 1. The Morgan fingerprint density at radius 2 is 1.95 bits per heavy atom. The molecule has 1 saturated heterocycles. The number of likely N-dealkylation sites (tertiary alicyclic amines) is 1. The summed E-state index contributed by atoms with van der Waals surface area (Å²) >= 11 is 0. The molecule has 4 aromatic heterocycles. The van der Waals surface area contributed by atoms with Gasteiger partial charge in [-0.1, -0.05) is 24.3 Å². The number of pyridine rings is 1. The van der Waals surface area contributed by atoms with E-state index < -0.39 is 0 Å². The van der Waals surface area contributed by atoms with Crippen LogP contribution in [0.2, 0.25) is 0 Å². The number of nitrogens with one attached hydrogen (secondary N) is 2. The van der Waals surface area contributed by atoms with Gasteiger partial charge in [0.25, 0.3) is 0 Å². The van der Waals surface area contributed by atoms with Gasteiger partial charge in [0.1, 0.15) is 12.4 Å². The Morgan fingerprint density at radius 1 is 1.03 bits per heavy atom. The molecule has 1 fully saturated rings. The molecule has 2 aromatic carbocycles. The van der Waals surface area contributed by atoms with Crippen LogP contribution in [0.15, 0.2) is 83.9 Å². The van der Waals surface area contributed by atoms with E-state index in [2.05, 4.69) is 74.8 Å². The fourth-order valence-corrected chi connectivity index (χ4v) is 5.43. The van der Waals surface area contributed by atoms with Crippen LogP contribution in [-0.2, 0) is 6.42 Å². The number of nitrogens with zero attached hydrogens (tertiary/aromatic N) is 3. The first-order chi connectivity index (χ1) is 18.7. The molecule has 0 aliphatic carbocycles. The standard InChI is InChI=1S/C31H29N5O2/c1-20-27-14-21(7-8-30(27)35-34-20)28-15-25(17-33-31(28)22-9-12-37-18-22)38-19-24(36-10-4-11-36)13-23-16-32-29-6-3-2-5-26(23)29/h2-3,5-9,12,14-18,24,32H,4,10-11,13,19H2,1H3,(H,34,35)/t24-/m1/s1. The minimum atomic E-state index is 0.296. The molecule has 0 radical (unpaired) electrons. The van der Waals surface area contributed by atoms with E-state index in [1.165, 1.54) is 22.9 Å². The molecule has 5 heterocycles. The molecule has 7 nitrogen and oxygen atoms in total. The Hall–Kier alpha value is -4.36. The van der Waals surface area contributed by atoms with E-state index in [0.717, 1.165) is 64.2 Å². The van der Waals surface area contributed by atoms with Crippen molar-refractivity contribution >= 4 is 21.8 Å². The quantitative estimate of drug-likeness (QED) is 0.252. The van der Waals surface area contributed by atoms with Gasteiger partial charge >= 0.3 is 0 Å². The number of H-pyrrole nitrogens is 2. The lowest BCUT2D eigenvalue weighted by Gasteiger charge is -2.38. The fraction of sp³-hybridized carbons (Fsp3) is 0.226. The Morgan fingerprint density at radius 3 is 2.79 bits per heavy atom. The first-order valence-corrected chi connectivity index (χ1v) is 13.1. The number of aromatic nitrogens is 4. The van der Waals surface area contributed by atoms with E-state index in [9.17, 15) is 0 Å². The lowest BCUT2D eigenvalue weighted by Crippen LogP contribution is -2.48. The molecule has 0 bridgehead atoms. The van der Waals surface area contributed by atoms with Gasteiger partial charge in [-0.15, -0.1) is 0 Å². The van der Waals surface area contributed by atoms with Gasteiger partial charge in [0.15, 0.2) is 0 Å². The molecule has 0 amide bonds. The molecule has 38 heavy (non-hydrogen) atoms. The van der Waals surface area contributed by atoms with Gasteiger partial charge < -0.3 is 14.1 Å². The van der Waals surface area contributed by atoms with Crippen LogP contribution in [0.5, 0.6) is 5.75 Å². The molecule has 0 unspecified atom stereocenters. The molecule has 2 N–H and O–H groups in total. The number of hydrogen-bond acceptors (Lipinski definition) is 5. The van der Waals surface area contributed by atoms with Crippen LogP contribution in [0, 0.1) is 6.92 Å². The lowest BCUT2D eigenvalue weighted by molar-refractivity contribution is 0.0796. The van der Waals surface area contributed by atoms with Crippen LogP contribution in [0.4, 0.5) is 0 Å². The molecule has 6 aromatic rings. The maximum atomic E-state index is 6.46. The van der Waals surface area contributed by atoms with Crippen molar-refractivity contribution in [2.24, 2.45) is 0 Å². The monoisotopic (exact) mass is 503 g/mol. The average molecular weight is 504 g/mol. The molecule has 7 heteroatoms. The SMILES string of the molecule is Cc1n[nH]c2ccc(-c3cc(OC[C@@H](Cc4c[nH]c5ccccc45)N4CCC4)cnc3-c3ccoc3)cc12. The minimum absolute atomic E-state index is 0.296. The highest BCUT2D eigenvalue weighted by Gasteiger charge is 2.26. The second kappa shape index (κ2) is 9.50. The van der Waals surface area contributed by atoms with Gasteiger partial charge in [0.2, 0.25) is 0 Å². The van der Waals surface area contributed by atoms with Gasteiger partial charge in [0, 0.05) is 39.7 Å². The Labute approximate surface area is 220 Å². The van der Waals surface area contributed by atoms with Crippen LogP contribution in [0.25, 0.3) is 44.2 Å². The number of aromatic amines is 2. The Bertz CT molecular complexity index is 1710. The highest BCUT2D eigenvalue weighted by atomic mass is 16.5. The maximum absolute atomic E-state index is 6.46. The van der Waals surface area contributed by atoms with E-state index in [4.69, 9.17) is 14.1 Å². The zero-order chi connectivity index (χ0) is 25.5. The van der Waals surface area contributed by atoms with Crippen molar-refractivity contribution in [1.29, 1.82) is 0 Å². The van der Waals surface area contributed by atoms with Gasteiger partial charge in [-0.25, -0.2) is 0 Å². The van der Waals surface area contributed by atoms with Crippen molar-refractivity contribution in [3.63, 3.8) is 0 Å². The third-order valence-corrected chi connectivity index (χ3v) is 7.70. The number of furan rings is 1. The molecule has 1 aliphatic heterocycles. The van der Waals surface area contributed by atoms with E-state index in [1.807, 2.05) is 19.2 Å². The maximum Gasteiger partial charge on any atom is 0.138 e. The summed E-state index contributed by atoms with van der Waals surface area (Å²) in [4.78, 5) is 10.8. The van der Waals surface area contributed by atoms with Crippen molar-refractivity contribution in [2.75, 3.05) is 19.7 Å². The summed E-state index contributed by atoms with van der Waals surface area (Å²) in [6, 6.07) is 19.2. The number of ether oxygens (including phenoxy) is 1. The highest BCUT2D eigenvalue weighted by Crippen LogP contribution is 2.35. The first-order valence-electron chi connectivity index (χ1n) is 13.1. The first kappa shape index (κ1) is 22.8. The summed E-state index contributed by atoms with van der Waals surface area (Å²) in [5, 5.41) is 9.84. The van der Waals surface area contributed by atoms with Crippen LogP contribution < -0.4 is 4.74 Å². The zero-order valence-corrected chi connectivity index (χ0v) is 21.3. The number of fused-ring (bicyclic) bond motifs is 2. The molecule has 0 saturated carbocycles. The van der Waals surface area contributed by atoms with Crippen LogP contribution in [-0.4, -0.2) is 50.8 Å². The van der Waals surface area contributed by atoms with E-state index in [1.54, 1.807) is 12.5 Å². The molecule has 0 spiro atoms. The van der Waals surface area contributed by atoms with E-state index >= 15 is 0 Å². The number of rotatable bonds is 8. The summed E-state index contributed by atoms with van der Waals surface area (Å²) in [6.07, 6.45) is 9.56. The van der Waals surface area contributed by atoms with Crippen LogP contribution >= 0.6 is 0 Å². The number of benzene rings is 2. The van der Waals surface area contributed by atoms with Crippen LogP contribution in [0.3, 0.4) is 0 Å². The Balaban J connectivity index is 1.19. The average Bonchev–Trinajstić information content (AvgIpc) is 3.67. The summed E-state index contributed by atoms with van der Waals surface area (Å²) in [5.41, 5.74) is 8.38.